The van der Waals surface area contributed by atoms with Crippen LogP contribution in [-0.4, -0.2) is 15.7 Å². The standard InChI is InChI=1S/C21H20BrCl2N3O/c1-26-4-5-27(21(26)25)11-14-7-16-8-15(12-28-20(16)17(22)9-14)6-13-2-3-18(23)19(24)10-13/h2-5,7,9-10,15,25H,6,8,11-12H2,1H3/t15-/m1/s1. The van der Waals surface area contributed by atoms with Gasteiger partial charge in [0.1, 0.15) is 5.75 Å². The second-order valence-corrected chi connectivity index (χ2v) is 8.93. The van der Waals surface area contributed by atoms with E-state index in [2.05, 4.69) is 28.1 Å². The molecule has 1 N–H and O–H groups in total. The van der Waals surface area contributed by atoms with Gasteiger partial charge in [-0.2, -0.15) is 0 Å². The molecule has 1 aliphatic heterocycles. The molecular weight excluding hydrogens is 461 g/mol. The van der Waals surface area contributed by atoms with Crippen molar-refractivity contribution >= 4 is 39.1 Å². The minimum absolute atomic E-state index is 0.378. The maximum Gasteiger partial charge on any atom is 0.202 e. The largest absolute Gasteiger partial charge is 0.492 e. The van der Waals surface area contributed by atoms with Crippen molar-refractivity contribution in [3.63, 3.8) is 0 Å². The summed E-state index contributed by atoms with van der Waals surface area (Å²) in [7, 11) is 1.88. The molecular formula is C21H20BrCl2N3O. The van der Waals surface area contributed by atoms with Gasteiger partial charge in [-0.15, -0.1) is 0 Å². The monoisotopic (exact) mass is 479 g/mol. The summed E-state index contributed by atoms with van der Waals surface area (Å²) in [5, 5.41) is 9.30. The molecule has 4 rings (SSSR count). The number of fused-ring (bicyclic) bond motifs is 1. The summed E-state index contributed by atoms with van der Waals surface area (Å²) < 4.78 is 10.8. The zero-order valence-corrected chi connectivity index (χ0v) is 18.5. The molecule has 2 aromatic carbocycles. The first-order valence-corrected chi connectivity index (χ1v) is 10.6. The fourth-order valence-electron chi connectivity index (χ4n) is 3.67. The summed E-state index contributed by atoms with van der Waals surface area (Å²) in [4.78, 5) is 0. The first kappa shape index (κ1) is 19.6. The molecule has 2 heterocycles. The van der Waals surface area contributed by atoms with Gasteiger partial charge in [-0.25, -0.2) is 0 Å². The molecule has 0 spiro atoms. The van der Waals surface area contributed by atoms with Crippen LogP contribution in [0.25, 0.3) is 0 Å². The van der Waals surface area contributed by atoms with Crippen molar-refractivity contribution < 1.29 is 4.74 Å². The van der Waals surface area contributed by atoms with Crippen LogP contribution < -0.4 is 10.4 Å². The van der Waals surface area contributed by atoms with Gasteiger partial charge in [0.25, 0.3) is 0 Å². The third-order valence-corrected chi connectivity index (χ3v) is 6.42. The Hall–Kier alpha value is -1.69. The fraction of sp³-hybridized carbons (Fsp3) is 0.286. The third-order valence-electron chi connectivity index (χ3n) is 5.09. The molecule has 0 amide bonds. The Morgan fingerprint density at radius 3 is 2.68 bits per heavy atom. The molecule has 28 heavy (non-hydrogen) atoms. The summed E-state index contributed by atoms with van der Waals surface area (Å²) in [6, 6.07) is 10.1. The highest BCUT2D eigenvalue weighted by atomic mass is 79.9. The molecule has 7 heteroatoms. The highest BCUT2D eigenvalue weighted by Crippen LogP contribution is 2.37. The summed E-state index contributed by atoms with van der Waals surface area (Å²) in [6.45, 7) is 1.33. The number of aromatic nitrogens is 2. The maximum atomic E-state index is 8.13. The van der Waals surface area contributed by atoms with Gasteiger partial charge in [0.15, 0.2) is 0 Å². The molecule has 0 saturated carbocycles. The lowest BCUT2D eigenvalue weighted by atomic mass is 9.90. The molecule has 0 radical (unpaired) electrons. The molecule has 0 fully saturated rings. The van der Waals surface area contributed by atoms with E-state index in [1.54, 1.807) is 4.57 Å². The van der Waals surface area contributed by atoms with Crippen LogP contribution in [0, 0.1) is 11.3 Å². The van der Waals surface area contributed by atoms with Crippen LogP contribution in [0.1, 0.15) is 16.7 Å². The molecule has 1 aromatic heterocycles. The highest BCUT2D eigenvalue weighted by Gasteiger charge is 2.23. The molecule has 0 bridgehead atoms. The first-order valence-electron chi connectivity index (χ1n) is 9.05. The predicted octanol–water partition coefficient (Wildman–Crippen LogP) is 5.22. The molecule has 4 nitrogen and oxygen atoms in total. The summed E-state index contributed by atoms with van der Waals surface area (Å²) in [5.41, 5.74) is 3.99. The quantitative estimate of drug-likeness (QED) is 0.546. The van der Waals surface area contributed by atoms with Crippen LogP contribution in [0.4, 0.5) is 0 Å². The average Bonchev–Trinajstić information content (AvgIpc) is 2.97. The number of ether oxygens (including phenoxy) is 1. The van der Waals surface area contributed by atoms with Crippen molar-refractivity contribution in [1.82, 2.24) is 9.13 Å². The lowest BCUT2D eigenvalue weighted by Crippen LogP contribution is -2.24. The van der Waals surface area contributed by atoms with Gasteiger partial charge < -0.3 is 13.9 Å². The Bertz CT molecular complexity index is 1090. The molecule has 0 aliphatic carbocycles. The van der Waals surface area contributed by atoms with Gasteiger partial charge in [-0.1, -0.05) is 35.3 Å². The van der Waals surface area contributed by atoms with Crippen molar-refractivity contribution in [2.75, 3.05) is 6.61 Å². The minimum atomic E-state index is 0.378. The molecule has 1 aliphatic rings. The van der Waals surface area contributed by atoms with E-state index in [-0.39, 0.29) is 0 Å². The van der Waals surface area contributed by atoms with Gasteiger partial charge in [0.05, 0.1) is 27.7 Å². The maximum absolute atomic E-state index is 8.13. The van der Waals surface area contributed by atoms with Crippen LogP contribution in [-0.2, 0) is 26.4 Å². The number of hydrogen-bond acceptors (Lipinski definition) is 2. The normalized spacial score (nSPS) is 15.9. The van der Waals surface area contributed by atoms with Crippen LogP contribution in [0.5, 0.6) is 5.75 Å². The Balaban J connectivity index is 1.55. The van der Waals surface area contributed by atoms with Crippen molar-refractivity contribution in [2.24, 2.45) is 13.0 Å². The van der Waals surface area contributed by atoms with Crippen LogP contribution in [0.2, 0.25) is 10.0 Å². The number of nitrogens with one attached hydrogen (secondary N) is 1. The molecule has 146 valence electrons. The predicted molar refractivity (Wildman–Crippen MR) is 115 cm³/mol. The van der Waals surface area contributed by atoms with Crippen LogP contribution in [0.3, 0.4) is 0 Å². The Labute approximate surface area is 182 Å². The second kappa shape index (κ2) is 7.97. The van der Waals surface area contributed by atoms with Crippen molar-refractivity contribution in [3.05, 3.63) is 79.6 Å². The van der Waals surface area contributed by atoms with Crippen molar-refractivity contribution in [3.8, 4) is 5.75 Å². The number of halogens is 3. The van der Waals surface area contributed by atoms with Crippen LogP contribution in [0.15, 0.2) is 47.2 Å². The van der Waals surface area contributed by atoms with E-state index in [1.807, 2.05) is 42.2 Å². The average molecular weight is 481 g/mol. The fourth-order valence-corrected chi connectivity index (χ4v) is 4.65. The third kappa shape index (κ3) is 4.02. The van der Waals surface area contributed by atoms with Crippen molar-refractivity contribution in [2.45, 2.75) is 19.4 Å². The number of rotatable bonds is 4. The van der Waals surface area contributed by atoms with E-state index < -0.39 is 0 Å². The first-order chi connectivity index (χ1) is 13.4. The van der Waals surface area contributed by atoms with Gasteiger partial charge in [-0.05, 0) is 63.7 Å². The molecule has 1 atom stereocenters. The van der Waals surface area contributed by atoms with E-state index >= 15 is 0 Å². The number of hydrogen-bond donors (Lipinski definition) is 1. The van der Waals surface area contributed by atoms with Gasteiger partial charge in [0.2, 0.25) is 5.62 Å². The Morgan fingerprint density at radius 1 is 1.14 bits per heavy atom. The molecule has 0 saturated heterocycles. The van der Waals surface area contributed by atoms with Crippen LogP contribution >= 0.6 is 39.1 Å². The SMILES string of the molecule is Cn1ccn(Cc2cc(Br)c3c(c2)C[C@@H](Cc2ccc(Cl)c(Cl)c2)CO3)c1=N. The number of benzene rings is 2. The minimum Gasteiger partial charge on any atom is -0.492 e. The summed E-state index contributed by atoms with van der Waals surface area (Å²) >= 11 is 15.8. The van der Waals surface area contributed by atoms with E-state index in [9.17, 15) is 0 Å². The second-order valence-electron chi connectivity index (χ2n) is 7.26. The number of nitrogens with zero attached hydrogens (tertiary/aromatic N) is 2. The molecule has 0 unspecified atom stereocenters. The van der Waals surface area contributed by atoms with E-state index in [1.165, 1.54) is 11.1 Å². The highest BCUT2D eigenvalue weighted by molar-refractivity contribution is 9.10. The lowest BCUT2D eigenvalue weighted by Gasteiger charge is -2.27. The molecule has 3 aromatic rings. The van der Waals surface area contributed by atoms with Gasteiger partial charge in [0, 0.05) is 25.4 Å². The van der Waals surface area contributed by atoms with Crippen molar-refractivity contribution in [1.29, 1.82) is 5.41 Å². The number of imidazole rings is 1. The Morgan fingerprint density at radius 2 is 1.96 bits per heavy atom. The van der Waals surface area contributed by atoms with E-state index in [0.717, 1.165) is 28.6 Å². The zero-order valence-electron chi connectivity index (χ0n) is 15.4. The van der Waals surface area contributed by atoms with E-state index in [4.69, 9.17) is 33.3 Å². The number of aryl methyl sites for hydroxylation is 1. The van der Waals surface area contributed by atoms with Gasteiger partial charge >= 0.3 is 0 Å². The topological polar surface area (TPSA) is 42.9 Å². The zero-order chi connectivity index (χ0) is 19.8. The summed E-state index contributed by atoms with van der Waals surface area (Å²) in [6.07, 6.45) is 5.66. The van der Waals surface area contributed by atoms with Gasteiger partial charge in [-0.3, -0.25) is 5.41 Å². The van der Waals surface area contributed by atoms with E-state index in [0.29, 0.717) is 34.7 Å². The lowest BCUT2D eigenvalue weighted by molar-refractivity contribution is 0.220. The summed E-state index contributed by atoms with van der Waals surface area (Å²) in [5.74, 6) is 1.31. The Kier molecular flexibility index (Phi) is 5.59. The smallest absolute Gasteiger partial charge is 0.202 e.